The smallest absolute Gasteiger partial charge is 0.410 e. The number of carbonyl (C=O) groups is 1. The molecule has 1 aliphatic rings. The summed E-state index contributed by atoms with van der Waals surface area (Å²) >= 11 is 0. The molecule has 0 unspecified atom stereocenters. The molecule has 124 valence electrons. The standard InChI is InChI=1S/C19H21N3O2/c1-14(2)24-18(23)22-11-9-16(19(22,3)4)6-5-7-17-12-15(13-20)8-10-21-17/h6,8,10,12,14H,9,11H2,1-4H3/b16-6+. The molecular formula is C19H21N3O2. The summed E-state index contributed by atoms with van der Waals surface area (Å²) in [6.07, 6.45) is 3.73. The lowest BCUT2D eigenvalue weighted by Crippen LogP contribution is -2.44. The summed E-state index contributed by atoms with van der Waals surface area (Å²) in [5, 5.41) is 8.88. The van der Waals surface area contributed by atoms with E-state index in [1.165, 1.54) is 0 Å². The highest BCUT2D eigenvalue weighted by atomic mass is 16.6. The highest BCUT2D eigenvalue weighted by Gasteiger charge is 2.40. The first-order valence-corrected chi connectivity index (χ1v) is 7.90. The molecule has 0 bridgehead atoms. The van der Waals surface area contributed by atoms with Crippen LogP contribution in [-0.4, -0.2) is 34.2 Å². The fourth-order valence-corrected chi connectivity index (χ4v) is 2.59. The summed E-state index contributed by atoms with van der Waals surface area (Å²) in [5.74, 6) is 5.93. The van der Waals surface area contributed by atoms with Crippen LogP contribution >= 0.6 is 0 Å². The van der Waals surface area contributed by atoms with E-state index < -0.39 is 5.54 Å². The number of pyridine rings is 1. The molecule has 0 N–H and O–H groups in total. The second kappa shape index (κ2) is 7.19. The zero-order chi connectivity index (χ0) is 17.7. The molecular weight excluding hydrogens is 302 g/mol. The number of carbonyl (C=O) groups excluding carboxylic acids is 1. The number of nitrogens with zero attached hydrogens (tertiary/aromatic N) is 3. The quantitative estimate of drug-likeness (QED) is 0.744. The van der Waals surface area contributed by atoms with Gasteiger partial charge < -0.3 is 4.74 Å². The van der Waals surface area contributed by atoms with Crippen LogP contribution in [0.5, 0.6) is 0 Å². The van der Waals surface area contributed by atoms with Crippen molar-refractivity contribution in [2.24, 2.45) is 0 Å². The Hall–Kier alpha value is -2.79. The largest absolute Gasteiger partial charge is 0.447 e. The molecule has 1 amide bonds. The van der Waals surface area contributed by atoms with Crippen LogP contribution < -0.4 is 0 Å². The molecule has 1 aromatic heterocycles. The third-order valence-electron chi connectivity index (χ3n) is 3.96. The van der Waals surface area contributed by atoms with Gasteiger partial charge in [0.1, 0.15) is 5.69 Å². The molecule has 1 aromatic rings. The Morgan fingerprint density at radius 2 is 2.25 bits per heavy atom. The fourth-order valence-electron chi connectivity index (χ4n) is 2.59. The van der Waals surface area contributed by atoms with Gasteiger partial charge in [0.2, 0.25) is 0 Å². The van der Waals surface area contributed by atoms with Crippen molar-refractivity contribution in [1.29, 1.82) is 5.26 Å². The Kier molecular flexibility index (Phi) is 5.26. The summed E-state index contributed by atoms with van der Waals surface area (Å²) in [7, 11) is 0. The van der Waals surface area contributed by atoms with Crippen molar-refractivity contribution in [3.05, 3.63) is 41.2 Å². The van der Waals surface area contributed by atoms with E-state index in [1.807, 2.05) is 33.8 Å². The molecule has 1 fully saturated rings. The van der Waals surface area contributed by atoms with Crippen LogP contribution in [0.2, 0.25) is 0 Å². The number of likely N-dealkylation sites (tertiary alicyclic amines) is 1. The Bertz CT molecular complexity index is 761. The minimum atomic E-state index is -0.428. The molecule has 5 heteroatoms. The van der Waals surface area contributed by atoms with Gasteiger partial charge in [-0.15, -0.1) is 0 Å². The van der Waals surface area contributed by atoms with Gasteiger partial charge in [-0.2, -0.15) is 5.26 Å². The second-order valence-corrected chi connectivity index (χ2v) is 6.37. The zero-order valence-electron chi connectivity index (χ0n) is 14.5. The highest BCUT2D eigenvalue weighted by molar-refractivity contribution is 5.70. The Balaban J connectivity index is 2.16. The van der Waals surface area contributed by atoms with Gasteiger partial charge >= 0.3 is 6.09 Å². The Labute approximate surface area is 142 Å². The summed E-state index contributed by atoms with van der Waals surface area (Å²) < 4.78 is 5.30. The average Bonchev–Trinajstić information content (AvgIpc) is 2.82. The Morgan fingerprint density at radius 3 is 2.92 bits per heavy atom. The summed E-state index contributed by atoms with van der Waals surface area (Å²) in [6, 6.07) is 5.36. The van der Waals surface area contributed by atoms with E-state index >= 15 is 0 Å². The van der Waals surface area contributed by atoms with Crippen LogP contribution in [0, 0.1) is 23.2 Å². The predicted molar refractivity (Wildman–Crippen MR) is 90.9 cm³/mol. The zero-order valence-corrected chi connectivity index (χ0v) is 14.5. The molecule has 0 aliphatic carbocycles. The second-order valence-electron chi connectivity index (χ2n) is 6.37. The van der Waals surface area contributed by atoms with Crippen LogP contribution in [-0.2, 0) is 4.74 Å². The lowest BCUT2D eigenvalue weighted by Gasteiger charge is -2.32. The predicted octanol–water partition coefficient (Wildman–Crippen LogP) is 3.26. The highest BCUT2D eigenvalue weighted by Crippen LogP contribution is 2.34. The number of allylic oxidation sites excluding steroid dienone is 1. The maximum atomic E-state index is 12.2. The van der Waals surface area contributed by atoms with E-state index in [0.29, 0.717) is 17.8 Å². The maximum absolute atomic E-state index is 12.2. The van der Waals surface area contributed by atoms with Gasteiger partial charge in [-0.25, -0.2) is 9.78 Å². The van der Waals surface area contributed by atoms with Gasteiger partial charge in [0.25, 0.3) is 0 Å². The topological polar surface area (TPSA) is 66.2 Å². The van der Waals surface area contributed by atoms with E-state index in [-0.39, 0.29) is 12.2 Å². The minimum absolute atomic E-state index is 0.139. The molecule has 1 saturated heterocycles. The monoisotopic (exact) mass is 323 g/mol. The van der Waals surface area contributed by atoms with Crippen molar-refractivity contribution in [2.45, 2.75) is 45.8 Å². The molecule has 1 aliphatic heterocycles. The number of amides is 1. The molecule has 0 atom stereocenters. The number of nitriles is 1. The van der Waals surface area contributed by atoms with Gasteiger partial charge in [0.05, 0.1) is 23.3 Å². The van der Waals surface area contributed by atoms with Crippen molar-refractivity contribution >= 4 is 6.09 Å². The summed E-state index contributed by atoms with van der Waals surface area (Å²) in [6.45, 7) is 8.28. The lowest BCUT2D eigenvalue weighted by molar-refractivity contribution is 0.0631. The van der Waals surface area contributed by atoms with Crippen LogP contribution in [0.1, 0.15) is 45.4 Å². The third kappa shape index (κ3) is 3.94. The SMILES string of the molecule is CC(C)OC(=O)N1CC/C(=C\C#Cc2cc(C#N)ccn2)C1(C)C. The normalized spacial score (nSPS) is 17.3. The van der Waals surface area contributed by atoms with E-state index in [9.17, 15) is 4.79 Å². The van der Waals surface area contributed by atoms with E-state index in [2.05, 4.69) is 22.9 Å². The first-order chi connectivity index (χ1) is 11.3. The van der Waals surface area contributed by atoms with E-state index in [0.717, 1.165) is 12.0 Å². The van der Waals surface area contributed by atoms with Crippen molar-refractivity contribution in [3.8, 4) is 17.9 Å². The van der Waals surface area contributed by atoms with Crippen LogP contribution in [0.3, 0.4) is 0 Å². The third-order valence-corrected chi connectivity index (χ3v) is 3.96. The Morgan fingerprint density at radius 1 is 1.50 bits per heavy atom. The van der Waals surface area contributed by atoms with Crippen molar-refractivity contribution in [2.75, 3.05) is 6.54 Å². The molecule has 0 saturated carbocycles. The molecule has 0 spiro atoms. The van der Waals surface area contributed by atoms with Crippen LogP contribution in [0.15, 0.2) is 30.0 Å². The molecule has 2 heterocycles. The minimum Gasteiger partial charge on any atom is -0.447 e. The van der Waals surface area contributed by atoms with Gasteiger partial charge in [-0.05, 0) is 63.8 Å². The van der Waals surface area contributed by atoms with Crippen LogP contribution in [0.4, 0.5) is 4.79 Å². The summed E-state index contributed by atoms with van der Waals surface area (Å²) in [4.78, 5) is 18.0. The molecule has 0 radical (unpaired) electrons. The number of hydrogen-bond donors (Lipinski definition) is 0. The first kappa shape index (κ1) is 17.6. The van der Waals surface area contributed by atoms with Gasteiger partial charge in [0, 0.05) is 12.7 Å². The fraction of sp³-hybridized carbons (Fsp3) is 0.421. The lowest BCUT2D eigenvalue weighted by atomic mass is 9.95. The van der Waals surface area contributed by atoms with Gasteiger partial charge in [-0.3, -0.25) is 4.90 Å². The van der Waals surface area contributed by atoms with Crippen LogP contribution in [0.25, 0.3) is 0 Å². The van der Waals surface area contributed by atoms with Crippen molar-refractivity contribution in [3.63, 3.8) is 0 Å². The number of rotatable bonds is 1. The number of ether oxygens (including phenoxy) is 1. The molecule has 5 nitrogen and oxygen atoms in total. The van der Waals surface area contributed by atoms with Crippen molar-refractivity contribution in [1.82, 2.24) is 9.88 Å². The molecule has 0 aromatic carbocycles. The summed E-state index contributed by atoms with van der Waals surface area (Å²) in [5.41, 5.74) is 1.73. The maximum Gasteiger partial charge on any atom is 0.410 e. The van der Waals surface area contributed by atoms with Crippen molar-refractivity contribution < 1.29 is 9.53 Å². The number of aromatic nitrogens is 1. The van der Waals surface area contributed by atoms with E-state index in [1.54, 1.807) is 23.2 Å². The number of hydrogen-bond acceptors (Lipinski definition) is 4. The van der Waals surface area contributed by atoms with E-state index in [4.69, 9.17) is 10.00 Å². The average molecular weight is 323 g/mol. The molecule has 24 heavy (non-hydrogen) atoms. The first-order valence-electron chi connectivity index (χ1n) is 7.90. The van der Waals surface area contributed by atoms with Gasteiger partial charge in [0.15, 0.2) is 0 Å². The van der Waals surface area contributed by atoms with Gasteiger partial charge in [-0.1, -0.05) is 5.92 Å². The molecule has 2 rings (SSSR count).